The zero-order chi connectivity index (χ0) is 19.5. The van der Waals surface area contributed by atoms with Crippen molar-refractivity contribution in [1.29, 1.82) is 0 Å². The van der Waals surface area contributed by atoms with Gasteiger partial charge in [0.15, 0.2) is 11.5 Å². The van der Waals surface area contributed by atoms with E-state index in [0.717, 1.165) is 0 Å². The molecule has 27 heavy (non-hydrogen) atoms. The van der Waals surface area contributed by atoms with Crippen molar-refractivity contribution in [3.8, 4) is 34.8 Å². The lowest BCUT2D eigenvalue weighted by molar-refractivity contribution is 0.253. The maximum Gasteiger partial charge on any atom is 0.319 e. The van der Waals surface area contributed by atoms with Gasteiger partial charge in [-0.1, -0.05) is 11.8 Å². The summed E-state index contributed by atoms with van der Waals surface area (Å²) in [5.41, 5.74) is 0.495. The number of amides is 2. The Labute approximate surface area is 157 Å². The number of hydrogen-bond acceptors (Lipinski definition) is 6. The number of carbonyl (C=O) groups is 1. The molecule has 0 bridgehead atoms. The quantitative estimate of drug-likeness (QED) is 0.726. The summed E-state index contributed by atoms with van der Waals surface area (Å²) in [6.07, 6.45) is 3.26. The van der Waals surface area contributed by atoms with Crippen LogP contribution in [0, 0.1) is 11.8 Å². The summed E-state index contributed by atoms with van der Waals surface area (Å²) in [7, 11) is 4.52. The highest BCUT2D eigenvalue weighted by atomic mass is 16.5. The molecule has 0 saturated heterocycles. The first-order valence-electron chi connectivity index (χ1n) is 8.01. The van der Waals surface area contributed by atoms with Crippen LogP contribution in [0.3, 0.4) is 0 Å². The van der Waals surface area contributed by atoms with Gasteiger partial charge < -0.3 is 29.6 Å². The molecule has 0 fully saturated rings. The molecule has 0 atom stereocenters. The molecule has 0 aliphatic carbocycles. The molecule has 2 aromatic rings. The Bertz CT molecular complexity index is 790. The van der Waals surface area contributed by atoms with Crippen LogP contribution in [0.25, 0.3) is 0 Å². The van der Waals surface area contributed by atoms with Gasteiger partial charge in [0.05, 0.1) is 39.8 Å². The standard InChI is InChI=1S/C19H21N3O5/c1-24-16-11-14(12-17(25-2)18(16)26-3)22-19(23)21-9-4-5-10-27-15-7-6-8-20-13-15/h6-8,11-13H,9-10H2,1-3H3,(H2,21,22,23). The predicted molar refractivity (Wildman–Crippen MR) is 101 cm³/mol. The molecule has 8 nitrogen and oxygen atoms in total. The molecule has 2 amide bonds. The summed E-state index contributed by atoms with van der Waals surface area (Å²) in [6.45, 7) is 0.383. The van der Waals surface area contributed by atoms with Gasteiger partial charge >= 0.3 is 6.03 Å². The number of ether oxygens (including phenoxy) is 4. The van der Waals surface area contributed by atoms with Gasteiger partial charge in [0.2, 0.25) is 5.75 Å². The second kappa shape index (κ2) is 10.4. The van der Waals surface area contributed by atoms with E-state index in [4.69, 9.17) is 18.9 Å². The average Bonchev–Trinajstić information content (AvgIpc) is 2.70. The van der Waals surface area contributed by atoms with E-state index in [1.54, 1.807) is 36.7 Å². The molecule has 1 heterocycles. The van der Waals surface area contributed by atoms with Crippen molar-refractivity contribution in [1.82, 2.24) is 10.3 Å². The van der Waals surface area contributed by atoms with Gasteiger partial charge in [-0.3, -0.25) is 4.98 Å². The molecule has 0 aliphatic rings. The Balaban J connectivity index is 1.83. The Morgan fingerprint density at radius 1 is 1.11 bits per heavy atom. The van der Waals surface area contributed by atoms with Crippen LogP contribution < -0.4 is 29.6 Å². The fourth-order valence-electron chi connectivity index (χ4n) is 2.12. The summed E-state index contributed by atoms with van der Waals surface area (Å²) in [6, 6.07) is 6.42. The number of pyridine rings is 1. The van der Waals surface area contributed by atoms with Gasteiger partial charge in [-0.2, -0.15) is 0 Å². The van der Waals surface area contributed by atoms with E-state index in [2.05, 4.69) is 27.5 Å². The Morgan fingerprint density at radius 3 is 2.44 bits per heavy atom. The summed E-state index contributed by atoms with van der Waals surface area (Å²) < 4.78 is 21.1. The summed E-state index contributed by atoms with van der Waals surface area (Å²) in [4.78, 5) is 15.9. The van der Waals surface area contributed by atoms with Crippen molar-refractivity contribution in [3.63, 3.8) is 0 Å². The molecular formula is C19H21N3O5. The van der Waals surface area contributed by atoms with E-state index in [-0.39, 0.29) is 13.2 Å². The third kappa shape index (κ3) is 6.01. The Morgan fingerprint density at radius 2 is 1.85 bits per heavy atom. The number of methoxy groups -OCH3 is 3. The molecule has 8 heteroatoms. The normalized spacial score (nSPS) is 9.44. The van der Waals surface area contributed by atoms with Crippen LogP contribution in [-0.4, -0.2) is 45.5 Å². The highest BCUT2D eigenvalue weighted by Crippen LogP contribution is 2.39. The summed E-state index contributed by atoms with van der Waals surface area (Å²) >= 11 is 0. The number of nitrogens with zero attached hydrogens (tertiary/aromatic N) is 1. The van der Waals surface area contributed by atoms with E-state index in [9.17, 15) is 4.79 Å². The molecular weight excluding hydrogens is 350 g/mol. The second-order valence-electron chi connectivity index (χ2n) is 5.05. The molecule has 0 spiro atoms. The van der Waals surface area contributed by atoms with Gasteiger partial charge in [0.25, 0.3) is 0 Å². The van der Waals surface area contributed by atoms with Gasteiger partial charge in [0, 0.05) is 18.3 Å². The number of aromatic nitrogens is 1. The van der Waals surface area contributed by atoms with Gasteiger partial charge in [0.1, 0.15) is 12.4 Å². The van der Waals surface area contributed by atoms with Gasteiger partial charge in [-0.05, 0) is 12.1 Å². The molecule has 0 aliphatic heterocycles. The summed E-state index contributed by atoms with van der Waals surface area (Å²) in [5, 5.41) is 5.32. The van der Waals surface area contributed by atoms with Crippen LogP contribution in [0.2, 0.25) is 0 Å². The Hall–Kier alpha value is -3.60. The number of carbonyl (C=O) groups excluding carboxylic acids is 1. The molecule has 142 valence electrons. The number of benzene rings is 1. The minimum atomic E-state index is -0.410. The molecule has 0 unspecified atom stereocenters. The van der Waals surface area contributed by atoms with Crippen LogP contribution in [0.5, 0.6) is 23.0 Å². The number of urea groups is 1. The number of anilines is 1. The average molecular weight is 371 g/mol. The fourth-order valence-corrected chi connectivity index (χ4v) is 2.12. The van der Waals surface area contributed by atoms with Crippen LogP contribution in [0.1, 0.15) is 0 Å². The van der Waals surface area contributed by atoms with Crippen molar-refractivity contribution in [3.05, 3.63) is 36.7 Å². The third-order valence-electron chi connectivity index (χ3n) is 3.33. The minimum Gasteiger partial charge on any atom is -0.493 e. The SMILES string of the molecule is COc1cc(NC(=O)NCC#CCOc2cccnc2)cc(OC)c1OC. The Kier molecular flexibility index (Phi) is 7.60. The van der Waals surface area contributed by atoms with E-state index < -0.39 is 6.03 Å². The van der Waals surface area contributed by atoms with Crippen molar-refractivity contribution in [2.75, 3.05) is 39.8 Å². The van der Waals surface area contributed by atoms with Gasteiger partial charge in [-0.15, -0.1) is 0 Å². The van der Waals surface area contributed by atoms with E-state index in [1.165, 1.54) is 21.3 Å². The molecule has 0 radical (unpaired) electrons. The van der Waals surface area contributed by atoms with Crippen molar-refractivity contribution < 1.29 is 23.7 Å². The van der Waals surface area contributed by atoms with Crippen LogP contribution in [0.4, 0.5) is 10.5 Å². The lowest BCUT2D eigenvalue weighted by Gasteiger charge is -2.14. The molecule has 2 rings (SSSR count). The first-order valence-corrected chi connectivity index (χ1v) is 8.01. The van der Waals surface area contributed by atoms with E-state index in [0.29, 0.717) is 28.7 Å². The first kappa shape index (κ1) is 19.7. The van der Waals surface area contributed by atoms with Gasteiger partial charge in [-0.25, -0.2) is 4.79 Å². The van der Waals surface area contributed by atoms with Crippen LogP contribution in [0.15, 0.2) is 36.7 Å². The maximum atomic E-state index is 12.0. The third-order valence-corrected chi connectivity index (χ3v) is 3.33. The monoisotopic (exact) mass is 371 g/mol. The number of rotatable bonds is 7. The van der Waals surface area contributed by atoms with Crippen molar-refractivity contribution in [2.45, 2.75) is 0 Å². The predicted octanol–water partition coefficient (Wildman–Crippen LogP) is 2.31. The molecule has 1 aromatic heterocycles. The van der Waals surface area contributed by atoms with Crippen LogP contribution in [-0.2, 0) is 0 Å². The second-order valence-corrected chi connectivity index (χ2v) is 5.05. The van der Waals surface area contributed by atoms with E-state index in [1.807, 2.05) is 0 Å². The number of hydrogen-bond donors (Lipinski definition) is 2. The smallest absolute Gasteiger partial charge is 0.319 e. The fraction of sp³-hybridized carbons (Fsp3) is 0.263. The zero-order valence-corrected chi connectivity index (χ0v) is 15.4. The molecule has 2 N–H and O–H groups in total. The topological polar surface area (TPSA) is 90.9 Å². The number of nitrogens with one attached hydrogen (secondary N) is 2. The molecule has 1 aromatic carbocycles. The van der Waals surface area contributed by atoms with Crippen molar-refractivity contribution in [2.24, 2.45) is 0 Å². The van der Waals surface area contributed by atoms with Crippen molar-refractivity contribution >= 4 is 11.7 Å². The maximum absolute atomic E-state index is 12.0. The highest BCUT2D eigenvalue weighted by molar-refractivity contribution is 5.90. The largest absolute Gasteiger partial charge is 0.493 e. The zero-order valence-electron chi connectivity index (χ0n) is 15.4. The van der Waals surface area contributed by atoms with Crippen LogP contribution >= 0.6 is 0 Å². The first-order chi connectivity index (χ1) is 13.2. The molecule has 0 saturated carbocycles. The summed E-state index contributed by atoms with van der Waals surface area (Å²) in [5.74, 6) is 7.58. The van der Waals surface area contributed by atoms with E-state index >= 15 is 0 Å². The lowest BCUT2D eigenvalue weighted by atomic mass is 10.2. The lowest BCUT2D eigenvalue weighted by Crippen LogP contribution is -2.29. The minimum absolute atomic E-state index is 0.173. The highest BCUT2D eigenvalue weighted by Gasteiger charge is 2.14.